The summed E-state index contributed by atoms with van der Waals surface area (Å²) in [5.41, 5.74) is 3.58. The average molecular weight is 1040 g/mol. The first kappa shape index (κ1) is 51.9. The van der Waals surface area contributed by atoms with Crippen molar-refractivity contribution in [2.75, 3.05) is 108 Å². The molecule has 6 amide bonds. The molecule has 3 saturated heterocycles. The van der Waals surface area contributed by atoms with E-state index >= 15 is 0 Å². The highest BCUT2D eigenvalue weighted by atomic mass is 32.2. The Balaban J connectivity index is 0.609. The highest BCUT2D eigenvalue weighted by molar-refractivity contribution is 7.99. The van der Waals surface area contributed by atoms with Gasteiger partial charge in [0.15, 0.2) is 5.13 Å². The van der Waals surface area contributed by atoms with Crippen molar-refractivity contribution < 1.29 is 57.2 Å². The van der Waals surface area contributed by atoms with Crippen molar-refractivity contribution in [3.05, 3.63) is 99.8 Å². The molecule has 6 heterocycles. The van der Waals surface area contributed by atoms with Crippen LogP contribution in [0.2, 0.25) is 0 Å². The molecular formula is C51H59FN8O11S2. The van der Waals surface area contributed by atoms with Crippen LogP contribution in [0.3, 0.4) is 0 Å². The minimum absolute atomic E-state index is 0.00560. The molecule has 0 aliphatic carbocycles. The molecule has 5 aliphatic heterocycles. The molecule has 2 unspecified atom stereocenters. The fraction of sp³-hybridized carbons (Fsp3) is 0.471. The zero-order chi connectivity index (χ0) is 50.8. The summed E-state index contributed by atoms with van der Waals surface area (Å²) in [7, 11) is 0. The first-order valence-corrected chi connectivity index (χ1v) is 26.5. The molecule has 0 spiro atoms. The molecule has 2 atom stereocenters. The number of piperazine rings is 1. The SMILES string of the molecule is O=C1CCC(N2Cc3c(SCCOCCOCCOCCOCC(=O)N4CCN(C5CCN(c6ccc7c(c6)C(=O)N(C(C(=O)Nc6nccs6)c6cc(F)ccc6O)C7)CC5)CC4)cccc3C2=O)C(=O)N1. The van der Waals surface area contributed by atoms with E-state index in [9.17, 15) is 38.3 Å². The van der Waals surface area contributed by atoms with Crippen LogP contribution in [0.25, 0.3) is 0 Å². The molecule has 0 bridgehead atoms. The van der Waals surface area contributed by atoms with Crippen LogP contribution in [0.1, 0.15) is 69.1 Å². The summed E-state index contributed by atoms with van der Waals surface area (Å²) in [6, 6.07) is 13.1. The average Bonchev–Trinajstić information content (AvgIpc) is 4.12. The maximum absolute atomic E-state index is 14.4. The molecule has 0 saturated carbocycles. The van der Waals surface area contributed by atoms with Crippen molar-refractivity contribution >= 4 is 69.4 Å². The number of thiazole rings is 1. The number of ether oxygens (including phenoxy) is 4. The number of rotatable bonds is 22. The molecule has 3 N–H and O–H groups in total. The Morgan fingerprint density at radius 2 is 1.58 bits per heavy atom. The lowest BCUT2D eigenvalue weighted by Gasteiger charge is -2.43. The first-order chi connectivity index (χ1) is 35.5. The molecule has 1 aromatic heterocycles. The number of hydrogen-bond acceptors (Lipinski definition) is 16. The summed E-state index contributed by atoms with van der Waals surface area (Å²) in [6.07, 6.45) is 3.92. The molecule has 73 heavy (non-hydrogen) atoms. The van der Waals surface area contributed by atoms with Gasteiger partial charge in [-0.3, -0.25) is 44.3 Å². The van der Waals surface area contributed by atoms with Gasteiger partial charge in [0, 0.05) is 109 Å². The number of thioether (sulfide) groups is 1. The standard InChI is InChI=1S/C51H59FN8O11S2/c52-34-5-8-42(61)39(28-34)46(48(65)55-51-53-12-26-73-51)60-30-33-4-6-36(29-38(33)50(60)67)56-13-10-35(11-14-56)57-15-17-58(18-16-57)45(63)32-71-24-23-69-20-19-68-21-22-70-25-27-72-43-3-1-2-37-40(43)31-59(49(37)66)41-7-9-44(62)54-47(41)64/h1-6,8,12,26,28-29,35,41,46,61H,7,9-11,13-25,27,30-32H2,(H,53,55,65)(H,54,62,64). The maximum Gasteiger partial charge on any atom is 0.255 e. The third-order valence-corrected chi connectivity index (χ3v) is 15.6. The lowest BCUT2D eigenvalue weighted by Crippen LogP contribution is -2.54. The number of nitrogens with one attached hydrogen (secondary N) is 2. The monoisotopic (exact) mass is 1040 g/mol. The van der Waals surface area contributed by atoms with Gasteiger partial charge in [-0.2, -0.15) is 0 Å². The lowest BCUT2D eigenvalue weighted by atomic mass is 10.0. The second-order valence-corrected chi connectivity index (χ2v) is 20.3. The van der Waals surface area contributed by atoms with Gasteiger partial charge < -0.3 is 43.7 Å². The summed E-state index contributed by atoms with van der Waals surface area (Å²) in [6.45, 7) is 7.56. The van der Waals surface area contributed by atoms with Crippen molar-refractivity contribution in [1.82, 2.24) is 29.9 Å². The topological polar surface area (TPSA) is 213 Å². The van der Waals surface area contributed by atoms with Crippen LogP contribution in [0, 0.1) is 5.82 Å². The van der Waals surface area contributed by atoms with E-state index in [0.717, 1.165) is 72.9 Å². The number of fused-ring (bicyclic) bond motifs is 2. The van der Waals surface area contributed by atoms with Crippen LogP contribution in [-0.2, 0) is 51.2 Å². The molecule has 22 heteroatoms. The number of phenols is 1. The number of hydrogen-bond donors (Lipinski definition) is 3. The summed E-state index contributed by atoms with van der Waals surface area (Å²) < 4.78 is 37.0. The van der Waals surface area contributed by atoms with Gasteiger partial charge >= 0.3 is 0 Å². The van der Waals surface area contributed by atoms with E-state index in [1.165, 1.54) is 28.5 Å². The van der Waals surface area contributed by atoms with Crippen LogP contribution >= 0.6 is 23.1 Å². The Morgan fingerprint density at radius 1 is 0.836 bits per heavy atom. The van der Waals surface area contributed by atoms with Crippen molar-refractivity contribution in [1.29, 1.82) is 0 Å². The number of benzene rings is 3. The van der Waals surface area contributed by atoms with Gasteiger partial charge in [-0.15, -0.1) is 23.1 Å². The second kappa shape index (κ2) is 24.3. The highest BCUT2D eigenvalue weighted by Crippen LogP contribution is 2.39. The number of carbonyl (C=O) groups excluding carboxylic acids is 6. The summed E-state index contributed by atoms with van der Waals surface area (Å²) >= 11 is 2.80. The number of amides is 6. The molecule has 19 nitrogen and oxygen atoms in total. The Labute approximate surface area is 430 Å². The Morgan fingerprint density at radius 3 is 2.30 bits per heavy atom. The molecule has 388 valence electrons. The Kier molecular flexibility index (Phi) is 17.3. The van der Waals surface area contributed by atoms with E-state index in [1.54, 1.807) is 28.1 Å². The number of aromatic nitrogens is 1. The third-order valence-electron chi connectivity index (χ3n) is 13.8. The molecule has 5 aliphatic rings. The van der Waals surface area contributed by atoms with E-state index in [0.29, 0.717) is 100 Å². The summed E-state index contributed by atoms with van der Waals surface area (Å²) in [5.74, 6) is -2.22. The van der Waals surface area contributed by atoms with Crippen LogP contribution < -0.4 is 15.5 Å². The molecule has 3 fully saturated rings. The number of imide groups is 1. The zero-order valence-electron chi connectivity index (χ0n) is 40.3. The van der Waals surface area contributed by atoms with Crippen molar-refractivity contribution in [3.8, 4) is 5.75 Å². The van der Waals surface area contributed by atoms with E-state index in [4.69, 9.17) is 18.9 Å². The van der Waals surface area contributed by atoms with Gasteiger partial charge in [0.25, 0.3) is 17.7 Å². The van der Waals surface area contributed by atoms with Crippen LogP contribution in [0.5, 0.6) is 5.75 Å². The molecule has 3 aromatic carbocycles. The molecule has 4 aromatic rings. The number of carbonyl (C=O) groups is 6. The maximum atomic E-state index is 14.4. The molecule has 0 radical (unpaired) electrons. The van der Waals surface area contributed by atoms with Gasteiger partial charge in [0.2, 0.25) is 17.7 Å². The second-order valence-electron chi connectivity index (χ2n) is 18.3. The van der Waals surface area contributed by atoms with Gasteiger partial charge in [0.1, 0.15) is 30.3 Å². The van der Waals surface area contributed by atoms with Crippen LogP contribution in [0.15, 0.2) is 71.1 Å². The van der Waals surface area contributed by atoms with Gasteiger partial charge in [-0.1, -0.05) is 12.1 Å². The van der Waals surface area contributed by atoms with Crippen LogP contribution in [-0.4, -0.2) is 175 Å². The first-order valence-electron chi connectivity index (χ1n) is 24.6. The van der Waals surface area contributed by atoms with Gasteiger partial charge in [-0.05, 0) is 72.9 Å². The minimum atomic E-state index is -1.30. The highest BCUT2D eigenvalue weighted by Gasteiger charge is 2.41. The number of piperidine rings is 2. The normalized spacial score (nSPS) is 18.8. The fourth-order valence-corrected chi connectivity index (χ4v) is 11.5. The zero-order valence-corrected chi connectivity index (χ0v) is 42.0. The molecule has 9 rings (SSSR count). The Bertz CT molecular complexity index is 2650. The van der Waals surface area contributed by atoms with Crippen LogP contribution in [0.4, 0.5) is 15.2 Å². The molecular weight excluding hydrogens is 984 g/mol. The number of nitrogens with zero attached hydrogens (tertiary/aromatic N) is 6. The fourth-order valence-electron chi connectivity index (χ4n) is 10.0. The quantitative estimate of drug-likeness (QED) is 0.0576. The van der Waals surface area contributed by atoms with Gasteiger partial charge in [0.05, 0.1) is 46.2 Å². The minimum Gasteiger partial charge on any atom is -0.508 e. The van der Waals surface area contributed by atoms with Gasteiger partial charge in [-0.25, -0.2) is 9.37 Å². The number of halogens is 1. The predicted molar refractivity (Wildman–Crippen MR) is 268 cm³/mol. The largest absolute Gasteiger partial charge is 0.508 e. The van der Waals surface area contributed by atoms with Crippen molar-refractivity contribution in [3.63, 3.8) is 0 Å². The van der Waals surface area contributed by atoms with E-state index in [2.05, 4.69) is 25.4 Å². The number of anilines is 2. The van der Waals surface area contributed by atoms with E-state index in [-0.39, 0.29) is 54.5 Å². The lowest BCUT2D eigenvalue weighted by molar-refractivity contribution is -0.139. The number of aromatic hydroxyl groups is 1. The van der Waals surface area contributed by atoms with E-state index < -0.39 is 29.7 Å². The summed E-state index contributed by atoms with van der Waals surface area (Å²) in [4.78, 5) is 92.2. The van der Waals surface area contributed by atoms with E-state index in [1.807, 2.05) is 35.2 Å². The third kappa shape index (κ3) is 12.5. The smallest absolute Gasteiger partial charge is 0.255 e. The Hall–Kier alpha value is -6.01. The summed E-state index contributed by atoms with van der Waals surface area (Å²) in [5, 5.41) is 17.8. The van der Waals surface area contributed by atoms with Crippen molar-refractivity contribution in [2.24, 2.45) is 0 Å². The number of phenolic OH excluding ortho intramolecular Hbond substituents is 1. The predicted octanol–water partition coefficient (Wildman–Crippen LogP) is 4.06. The van der Waals surface area contributed by atoms with Crippen molar-refractivity contribution in [2.45, 2.75) is 61.8 Å².